The average molecular weight is 541 g/mol. The Hall–Kier alpha value is -2.59. The van der Waals surface area contributed by atoms with Gasteiger partial charge in [0.2, 0.25) is 5.91 Å². The van der Waals surface area contributed by atoms with Gasteiger partial charge >= 0.3 is 0 Å². The van der Waals surface area contributed by atoms with Gasteiger partial charge in [0.1, 0.15) is 6.54 Å². The molecule has 0 radical (unpaired) electrons. The van der Waals surface area contributed by atoms with E-state index in [2.05, 4.69) is 5.32 Å². The molecule has 1 unspecified atom stereocenters. The molecule has 1 amide bonds. The number of anilines is 1. The standard InChI is InChI=1S/C23H22Cl2N2O5S2/c1-16(17-6-10-21(11-7-17)33(2,29)30)26-23(28)15-27(20-5-3-4-19(25)14-20)34(31,32)22-12-8-18(24)9-13-22/h3-14,16H,15H2,1-2H3,(H,26,28). The minimum absolute atomic E-state index is 0.0333. The molecule has 0 aliphatic carbocycles. The van der Waals surface area contributed by atoms with Gasteiger partial charge in [-0.2, -0.15) is 0 Å². The van der Waals surface area contributed by atoms with Crippen molar-refractivity contribution in [2.45, 2.75) is 22.8 Å². The summed E-state index contributed by atoms with van der Waals surface area (Å²) < 4.78 is 51.0. The number of sulfone groups is 1. The minimum Gasteiger partial charge on any atom is -0.348 e. The second kappa shape index (κ2) is 10.4. The number of rotatable bonds is 8. The second-order valence-corrected chi connectivity index (χ2v) is 12.3. The van der Waals surface area contributed by atoms with Gasteiger partial charge in [-0.3, -0.25) is 9.10 Å². The smallest absolute Gasteiger partial charge is 0.264 e. The molecular formula is C23H22Cl2N2O5S2. The lowest BCUT2D eigenvalue weighted by atomic mass is 10.1. The Balaban J connectivity index is 1.86. The van der Waals surface area contributed by atoms with Crippen LogP contribution in [0.15, 0.2) is 82.6 Å². The lowest BCUT2D eigenvalue weighted by Gasteiger charge is -2.25. The van der Waals surface area contributed by atoms with E-state index in [1.807, 2.05) is 0 Å². The van der Waals surface area contributed by atoms with Crippen molar-refractivity contribution in [1.82, 2.24) is 5.32 Å². The van der Waals surface area contributed by atoms with Gasteiger partial charge in [0, 0.05) is 16.3 Å². The van der Waals surface area contributed by atoms with E-state index in [1.54, 1.807) is 37.3 Å². The maximum absolute atomic E-state index is 13.4. The SMILES string of the molecule is CC(NC(=O)CN(c1cccc(Cl)c1)S(=O)(=O)c1ccc(Cl)cc1)c1ccc(S(C)(=O)=O)cc1. The molecule has 0 aromatic heterocycles. The average Bonchev–Trinajstić information content (AvgIpc) is 2.77. The molecule has 0 spiro atoms. The molecule has 34 heavy (non-hydrogen) atoms. The molecule has 180 valence electrons. The molecule has 1 N–H and O–H groups in total. The Labute approximate surface area is 209 Å². The van der Waals surface area contributed by atoms with Crippen molar-refractivity contribution in [1.29, 1.82) is 0 Å². The van der Waals surface area contributed by atoms with Crippen LogP contribution in [0.3, 0.4) is 0 Å². The van der Waals surface area contributed by atoms with Crippen molar-refractivity contribution in [2.75, 3.05) is 17.1 Å². The van der Waals surface area contributed by atoms with Crippen LogP contribution in [0, 0.1) is 0 Å². The number of halogens is 2. The van der Waals surface area contributed by atoms with Gasteiger partial charge in [-0.05, 0) is 67.1 Å². The van der Waals surface area contributed by atoms with Crippen LogP contribution in [0.2, 0.25) is 10.0 Å². The van der Waals surface area contributed by atoms with Crippen LogP contribution in [0.5, 0.6) is 0 Å². The van der Waals surface area contributed by atoms with Crippen molar-refractivity contribution in [3.05, 3.63) is 88.4 Å². The zero-order chi connectivity index (χ0) is 25.1. The number of nitrogens with zero attached hydrogens (tertiary/aromatic N) is 1. The van der Waals surface area contributed by atoms with Crippen molar-refractivity contribution < 1.29 is 21.6 Å². The Morgan fingerprint density at radius 2 is 1.47 bits per heavy atom. The normalized spacial score (nSPS) is 12.7. The van der Waals surface area contributed by atoms with Crippen LogP contribution in [-0.2, 0) is 24.7 Å². The monoisotopic (exact) mass is 540 g/mol. The summed E-state index contributed by atoms with van der Waals surface area (Å²) in [5, 5.41) is 3.44. The lowest BCUT2D eigenvalue weighted by molar-refractivity contribution is -0.120. The maximum Gasteiger partial charge on any atom is 0.264 e. The third-order valence-corrected chi connectivity index (χ3v) is 8.37. The van der Waals surface area contributed by atoms with Gasteiger partial charge in [0.15, 0.2) is 9.84 Å². The zero-order valence-corrected chi connectivity index (χ0v) is 21.4. The van der Waals surface area contributed by atoms with Crippen LogP contribution in [-0.4, -0.2) is 35.5 Å². The number of carbonyl (C=O) groups excluding carboxylic acids is 1. The fraction of sp³-hybridized carbons (Fsp3) is 0.174. The molecule has 7 nitrogen and oxygen atoms in total. The molecule has 0 bridgehead atoms. The van der Waals surface area contributed by atoms with Crippen molar-refractivity contribution >= 4 is 54.7 Å². The quantitative estimate of drug-likeness (QED) is 0.454. The van der Waals surface area contributed by atoms with Crippen LogP contribution in [0.4, 0.5) is 5.69 Å². The highest BCUT2D eigenvalue weighted by Crippen LogP contribution is 2.27. The third kappa shape index (κ3) is 6.29. The number of amides is 1. The van der Waals surface area contributed by atoms with Gasteiger partial charge in [0.25, 0.3) is 10.0 Å². The number of hydrogen-bond acceptors (Lipinski definition) is 5. The fourth-order valence-electron chi connectivity index (χ4n) is 3.18. The van der Waals surface area contributed by atoms with Crippen LogP contribution < -0.4 is 9.62 Å². The first-order valence-corrected chi connectivity index (χ1v) is 14.1. The van der Waals surface area contributed by atoms with Crippen LogP contribution in [0.1, 0.15) is 18.5 Å². The molecule has 3 rings (SSSR count). The van der Waals surface area contributed by atoms with E-state index in [0.717, 1.165) is 10.6 Å². The first-order valence-electron chi connectivity index (χ1n) is 10.0. The predicted molar refractivity (Wildman–Crippen MR) is 134 cm³/mol. The third-order valence-electron chi connectivity index (χ3n) is 4.97. The Bertz CT molecular complexity index is 1390. The lowest BCUT2D eigenvalue weighted by Crippen LogP contribution is -2.41. The Morgan fingerprint density at radius 1 is 0.882 bits per heavy atom. The highest BCUT2D eigenvalue weighted by molar-refractivity contribution is 7.93. The molecule has 0 fully saturated rings. The number of hydrogen-bond donors (Lipinski definition) is 1. The van der Waals surface area contributed by atoms with E-state index in [1.165, 1.54) is 42.5 Å². The van der Waals surface area contributed by atoms with Gasteiger partial charge < -0.3 is 5.32 Å². The summed E-state index contributed by atoms with van der Waals surface area (Å²) in [5.41, 5.74) is 0.887. The molecule has 3 aromatic rings. The first kappa shape index (κ1) is 26.0. The van der Waals surface area contributed by atoms with E-state index in [-0.39, 0.29) is 15.5 Å². The number of sulfonamides is 1. The highest BCUT2D eigenvalue weighted by atomic mass is 35.5. The molecule has 0 aliphatic heterocycles. The fourth-order valence-corrected chi connectivity index (χ4v) is 5.54. The molecule has 3 aromatic carbocycles. The van der Waals surface area contributed by atoms with Gasteiger partial charge in [-0.1, -0.05) is 41.4 Å². The Kier molecular flexibility index (Phi) is 7.92. The summed E-state index contributed by atoms with van der Waals surface area (Å²) in [5.74, 6) is -0.558. The molecular weight excluding hydrogens is 519 g/mol. The topological polar surface area (TPSA) is 101 Å². The summed E-state index contributed by atoms with van der Waals surface area (Å²) >= 11 is 12.0. The first-order chi connectivity index (χ1) is 15.9. The maximum atomic E-state index is 13.4. The molecule has 11 heteroatoms. The van der Waals surface area contributed by atoms with Gasteiger partial charge in [-0.15, -0.1) is 0 Å². The largest absolute Gasteiger partial charge is 0.348 e. The number of nitrogens with one attached hydrogen (secondary N) is 1. The summed E-state index contributed by atoms with van der Waals surface area (Å²) in [6.07, 6.45) is 1.11. The molecule has 1 atom stereocenters. The van der Waals surface area contributed by atoms with E-state index in [4.69, 9.17) is 23.2 Å². The number of benzene rings is 3. The van der Waals surface area contributed by atoms with Crippen LogP contribution >= 0.6 is 23.2 Å². The number of carbonyl (C=O) groups is 1. The van der Waals surface area contributed by atoms with Crippen molar-refractivity contribution in [2.24, 2.45) is 0 Å². The summed E-state index contributed by atoms with van der Waals surface area (Å²) in [6.45, 7) is 1.21. The van der Waals surface area contributed by atoms with Crippen molar-refractivity contribution in [3.8, 4) is 0 Å². The summed E-state index contributed by atoms with van der Waals surface area (Å²) in [6, 6.07) is 17.4. The summed E-state index contributed by atoms with van der Waals surface area (Å²) in [7, 11) is -7.46. The van der Waals surface area contributed by atoms with Gasteiger partial charge in [0.05, 0.1) is 21.5 Å². The van der Waals surface area contributed by atoms with Gasteiger partial charge in [-0.25, -0.2) is 16.8 Å². The molecule has 0 saturated heterocycles. The predicted octanol–water partition coefficient (Wildman–Crippen LogP) is 4.47. The van der Waals surface area contributed by atoms with E-state index < -0.39 is 38.4 Å². The van der Waals surface area contributed by atoms with E-state index >= 15 is 0 Å². The zero-order valence-electron chi connectivity index (χ0n) is 18.3. The molecule has 0 aliphatic rings. The Morgan fingerprint density at radius 3 is 2.03 bits per heavy atom. The highest BCUT2D eigenvalue weighted by Gasteiger charge is 2.28. The second-order valence-electron chi connectivity index (χ2n) is 7.58. The van der Waals surface area contributed by atoms with E-state index in [0.29, 0.717) is 15.6 Å². The molecule has 0 saturated carbocycles. The molecule has 0 heterocycles. The van der Waals surface area contributed by atoms with E-state index in [9.17, 15) is 21.6 Å². The van der Waals surface area contributed by atoms with Crippen molar-refractivity contribution in [3.63, 3.8) is 0 Å². The van der Waals surface area contributed by atoms with Crippen LogP contribution in [0.25, 0.3) is 0 Å². The minimum atomic E-state index is -4.12. The summed E-state index contributed by atoms with van der Waals surface area (Å²) in [4.78, 5) is 13.0.